The van der Waals surface area contributed by atoms with Crippen molar-refractivity contribution in [2.24, 2.45) is 0 Å². The van der Waals surface area contributed by atoms with E-state index >= 15 is 0 Å². The molecule has 3 heteroatoms. The molecule has 0 amide bonds. The first-order valence-corrected chi connectivity index (χ1v) is 3.01. The van der Waals surface area contributed by atoms with Crippen LogP contribution in [0.1, 0.15) is 11.1 Å². The van der Waals surface area contributed by atoms with Crippen LogP contribution in [0.3, 0.4) is 0 Å². The Hall–Kier alpha value is -1.25. The van der Waals surface area contributed by atoms with Crippen molar-refractivity contribution in [1.82, 2.24) is 4.98 Å². The maximum Gasteiger partial charge on any atom is 0.250 e. The van der Waals surface area contributed by atoms with Gasteiger partial charge in [-0.2, -0.15) is 0 Å². The lowest BCUT2D eigenvalue weighted by atomic mass is 10.2. The molecule has 0 radical (unpaired) electrons. The van der Waals surface area contributed by atoms with Crippen LogP contribution in [0.4, 0.5) is 0 Å². The summed E-state index contributed by atoms with van der Waals surface area (Å²) in [6, 6.07) is 1.45. The van der Waals surface area contributed by atoms with Crippen LogP contribution in [0.15, 0.2) is 10.9 Å². The van der Waals surface area contributed by atoms with Crippen LogP contribution in [-0.4, -0.2) is 10.1 Å². The fraction of sp³-hybridized carbons (Fsp3) is 0.286. The second kappa shape index (κ2) is 2.17. The minimum Gasteiger partial charge on any atom is -0.494 e. The molecule has 0 aliphatic carbocycles. The van der Waals surface area contributed by atoms with Crippen molar-refractivity contribution in [2.75, 3.05) is 0 Å². The summed E-state index contributed by atoms with van der Waals surface area (Å²) in [7, 11) is 0. The molecule has 0 aliphatic rings. The second-order valence-electron chi connectivity index (χ2n) is 2.29. The van der Waals surface area contributed by atoms with Crippen LogP contribution in [0.25, 0.3) is 0 Å². The summed E-state index contributed by atoms with van der Waals surface area (Å²) >= 11 is 0. The molecule has 0 fully saturated rings. The molecular weight excluding hydrogens is 130 g/mol. The average molecular weight is 139 g/mol. The van der Waals surface area contributed by atoms with E-state index in [1.165, 1.54) is 6.07 Å². The quantitative estimate of drug-likeness (QED) is 0.555. The Balaban J connectivity index is 3.46. The van der Waals surface area contributed by atoms with Gasteiger partial charge < -0.3 is 5.11 Å². The number of aromatic amines is 1. The zero-order valence-corrected chi connectivity index (χ0v) is 5.93. The molecule has 0 atom stereocenters. The molecular formula is C7H9NO2. The van der Waals surface area contributed by atoms with Crippen molar-refractivity contribution in [3.8, 4) is 5.88 Å². The Labute approximate surface area is 58.3 Å². The van der Waals surface area contributed by atoms with Gasteiger partial charge >= 0.3 is 0 Å². The van der Waals surface area contributed by atoms with Crippen molar-refractivity contribution >= 4 is 0 Å². The SMILES string of the molecule is Cc1cc(=O)[nH]c(O)c1C. The van der Waals surface area contributed by atoms with Gasteiger partial charge in [0.25, 0.3) is 5.56 Å². The molecule has 0 spiro atoms. The van der Waals surface area contributed by atoms with Gasteiger partial charge in [-0.1, -0.05) is 0 Å². The van der Waals surface area contributed by atoms with Gasteiger partial charge in [0.2, 0.25) is 0 Å². The predicted molar refractivity (Wildman–Crippen MR) is 38.2 cm³/mol. The van der Waals surface area contributed by atoms with Crippen LogP contribution in [0, 0.1) is 13.8 Å². The normalized spacial score (nSPS) is 9.80. The number of pyridine rings is 1. The molecule has 0 unspecified atom stereocenters. The molecule has 0 aromatic carbocycles. The fourth-order valence-corrected chi connectivity index (χ4v) is 0.738. The summed E-state index contributed by atoms with van der Waals surface area (Å²) < 4.78 is 0. The highest BCUT2D eigenvalue weighted by Crippen LogP contribution is 2.11. The van der Waals surface area contributed by atoms with Crippen LogP contribution in [-0.2, 0) is 0 Å². The van der Waals surface area contributed by atoms with Crippen molar-refractivity contribution in [3.05, 3.63) is 27.5 Å². The Morgan fingerprint density at radius 1 is 1.50 bits per heavy atom. The zero-order valence-electron chi connectivity index (χ0n) is 5.93. The molecule has 0 aliphatic heterocycles. The predicted octanol–water partition coefficient (Wildman–Crippen LogP) is 0.697. The first-order valence-electron chi connectivity index (χ1n) is 3.01. The molecule has 54 valence electrons. The van der Waals surface area contributed by atoms with Gasteiger partial charge in [0.1, 0.15) is 0 Å². The second-order valence-corrected chi connectivity index (χ2v) is 2.29. The van der Waals surface area contributed by atoms with Gasteiger partial charge in [0.15, 0.2) is 5.88 Å². The third kappa shape index (κ3) is 1.03. The van der Waals surface area contributed by atoms with E-state index in [0.29, 0.717) is 0 Å². The number of aromatic nitrogens is 1. The molecule has 1 aromatic rings. The van der Waals surface area contributed by atoms with E-state index in [4.69, 9.17) is 5.11 Å². The van der Waals surface area contributed by atoms with E-state index in [1.807, 2.05) is 0 Å². The number of aryl methyl sites for hydroxylation is 1. The van der Waals surface area contributed by atoms with E-state index in [-0.39, 0.29) is 11.4 Å². The number of aromatic hydroxyl groups is 1. The van der Waals surface area contributed by atoms with Crippen molar-refractivity contribution in [3.63, 3.8) is 0 Å². The van der Waals surface area contributed by atoms with Crippen molar-refractivity contribution < 1.29 is 5.11 Å². The minimum absolute atomic E-state index is 0.0370. The first kappa shape index (κ1) is 6.86. The van der Waals surface area contributed by atoms with E-state index in [9.17, 15) is 4.79 Å². The summed E-state index contributed by atoms with van der Waals surface area (Å²) in [5.74, 6) is -0.0370. The molecule has 1 rings (SSSR count). The molecule has 1 aromatic heterocycles. The van der Waals surface area contributed by atoms with Crippen molar-refractivity contribution in [2.45, 2.75) is 13.8 Å². The van der Waals surface area contributed by atoms with Crippen molar-refractivity contribution in [1.29, 1.82) is 0 Å². The number of hydrogen-bond donors (Lipinski definition) is 2. The van der Waals surface area contributed by atoms with E-state index in [1.54, 1.807) is 13.8 Å². The van der Waals surface area contributed by atoms with E-state index in [0.717, 1.165) is 11.1 Å². The average Bonchev–Trinajstić information content (AvgIpc) is 1.82. The topological polar surface area (TPSA) is 53.1 Å². The maximum absolute atomic E-state index is 10.6. The largest absolute Gasteiger partial charge is 0.494 e. The van der Waals surface area contributed by atoms with E-state index in [2.05, 4.69) is 4.98 Å². The number of H-pyrrole nitrogens is 1. The molecule has 2 N–H and O–H groups in total. The Morgan fingerprint density at radius 3 is 2.60 bits per heavy atom. The number of nitrogens with one attached hydrogen (secondary N) is 1. The lowest BCUT2D eigenvalue weighted by Crippen LogP contribution is -2.05. The summed E-state index contributed by atoms with van der Waals surface area (Å²) in [5.41, 5.74) is 1.27. The highest BCUT2D eigenvalue weighted by molar-refractivity contribution is 5.30. The Kier molecular flexibility index (Phi) is 1.49. The number of hydrogen-bond acceptors (Lipinski definition) is 2. The van der Waals surface area contributed by atoms with Gasteiger partial charge in [-0.05, 0) is 19.4 Å². The van der Waals surface area contributed by atoms with Gasteiger partial charge in [-0.25, -0.2) is 0 Å². The zero-order chi connectivity index (χ0) is 7.72. The highest BCUT2D eigenvalue weighted by atomic mass is 16.3. The van der Waals surface area contributed by atoms with Gasteiger partial charge in [-0.3, -0.25) is 9.78 Å². The monoisotopic (exact) mass is 139 g/mol. The van der Waals surface area contributed by atoms with E-state index < -0.39 is 0 Å². The maximum atomic E-state index is 10.6. The van der Waals surface area contributed by atoms with Gasteiger partial charge in [0.05, 0.1) is 0 Å². The van der Waals surface area contributed by atoms with Crippen LogP contribution in [0.2, 0.25) is 0 Å². The first-order chi connectivity index (χ1) is 4.61. The van der Waals surface area contributed by atoms with Crippen LogP contribution < -0.4 is 5.56 Å². The van der Waals surface area contributed by atoms with Crippen LogP contribution >= 0.6 is 0 Å². The standard InChI is InChI=1S/C7H9NO2/c1-4-3-6(9)8-7(10)5(4)2/h3H,1-2H3,(H2,8,9,10). The summed E-state index contributed by atoms with van der Waals surface area (Å²) in [4.78, 5) is 12.9. The Morgan fingerprint density at radius 2 is 2.10 bits per heavy atom. The minimum atomic E-state index is -0.263. The molecule has 1 heterocycles. The smallest absolute Gasteiger partial charge is 0.250 e. The highest BCUT2D eigenvalue weighted by Gasteiger charge is 1.98. The molecule has 0 bridgehead atoms. The third-order valence-corrected chi connectivity index (χ3v) is 1.54. The van der Waals surface area contributed by atoms with Gasteiger partial charge in [-0.15, -0.1) is 0 Å². The third-order valence-electron chi connectivity index (χ3n) is 1.54. The summed E-state index contributed by atoms with van der Waals surface area (Å²) in [5, 5.41) is 9.03. The fourth-order valence-electron chi connectivity index (χ4n) is 0.738. The summed E-state index contributed by atoms with van der Waals surface area (Å²) in [6.07, 6.45) is 0. The lowest BCUT2D eigenvalue weighted by molar-refractivity contribution is 0.446. The Bertz CT molecular complexity index is 275. The molecule has 0 saturated heterocycles. The molecule has 0 saturated carbocycles. The molecule has 3 nitrogen and oxygen atoms in total. The van der Waals surface area contributed by atoms with Crippen LogP contribution in [0.5, 0.6) is 5.88 Å². The number of rotatable bonds is 0. The van der Waals surface area contributed by atoms with Gasteiger partial charge in [0, 0.05) is 11.6 Å². The summed E-state index contributed by atoms with van der Waals surface area (Å²) in [6.45, 7) is 3.53. The molecule has 10 heavy (non-hydrogen) atoms. The lowest BCUT2D eigenvalue weighted by Gasteiger charge is -1.99.